The van der Waals surface area contributed by atoms with Crippen molar-refractivity contribution in [3.63, 3.8) is 0 Å². The van der Waals surface area contributed by atoms with Crippen molar-refractivity contribution in [2.75, 3.05) is 26.2 Å². The number of likely N-dealkylation sites (tertiary alicyclic amines) is 2. The zero-order valence-corrected chi connectivity index (χ0v) is 25.6. The highest BCUT2D eigenvalue weighted by atomic mass is 35.5. The van der Waals surface area contributed by atoms with Gasteiger partial charge in [0, 0.05) is 25.2 Å². The predicted octanol–water partition coefficient (Wildman–Crippen LogP) is 7.17. The number of benzene rings is 3. The summed E-state index contributed by atoms with van der Waals surface area (Å²) in [5.74, 6) is -0.724. The molecule has 0 radical (unpaired) electrons. The van der Waals surface area contributed by atoms with Gasteiger partial charge in [-0.05, 0) is 110 Å². The second-order valence-corrected chi connectivity index (χ2v) is 12.9. The Morgan fingerprint density at radius 1 is 0.978 bits per heavy atom. The van der Waals surface area contributed by atoms with Gasteiger partial charge in [-0.25, -0.2) is 0 Å². The molecule has 2 fully saturated rings. The molecule has 45 heavy (non-hydrogen) atoms. The van der Waals surface area contributed by atoms with Crippen LogP contribution in [0.1, 0.15) is 86.7 Å². The standard InChI is InChI=1S/C35H34ClF3N4O2/c36-30-9-8-27(35(37,38)39)20-29(30)32(44)41-31-10-7-23-5-6-24(19-28(23)31)33(45)43-17-13-34(14-18-43)11-15-42(16-12-34)22-26-4-2-1-3-25(26)21-40/h1-6,8-9,19-20,31H,7,10-18,22H2,(H,41,44). The van der Waals surface area contributed by atoms with Crippen molar-refractivity contribution >= 4 is 23.4 Å². The van der Waals surface area contributed by atoms with E-state index in [1.165, 1.54) is 0 Å². The molecule has 234 valence electrons. The maximum atomic E-state index is 13.6. The van der Waals surface area contributed by atoms with Gasteiger partial charge >= 0.3 is 6.18 Å². The molecule has 0 saturated carbocycles. The molecule has 1 aliphatic carbocycles. The second-order valence-electron chi connectivity index (χ2n) is 12.5. The molecule has 2 aliphatic heterocycles. The van der Waals surface area contributed by atoms with Crippen molar-refractivity contribution < 1.29 is 22.8 Å². The van der Waals surface area contributed by atoms with Gasteiger partial charge in [-0.15, -0.1) is 0 Å². The van der Waals surface area contributed by atoms with Crippen LogP contribution < -0.4 is 5.32 Å². The Kier molecular flexibility index (Phi) is 8.64. The van der Waals surface area contributed by atoms with E-state index in [0.717, 1.165) is 85.8 Å². The fourth-order valence-electron chi connectivity index (χ4n) is 7.06. The minimum Gasteiger partial charge on any atom is -0.345 e. The molecule has 10 heteroatoms. The largest absolute Gasteiger partial charge is 0.416 e. The van der Waals surface area contributed by atoms with Crippen molar-refractivity contribution in [3.8, 4) is 6.07 Å². The Balaban J connectivity index is 1.06. The van der Waals surface area contributed by atoms with Crippen molar-refractivity contribution in [1.29, 1.82) is 5.26 Å². The highest BCUT2D eigenvalue weighted by Gasteiger charge is 2.39. The normalized spacial score (nSPS) is 19.6. The summed E-state index contributed by atoms with van der Waals surface area (Å²) in [4.78, 5) is 30.9. The molecule has 1 unspecified atom stereocenters. The summed E-state index contributed by atoms with van der Waals surface area (Å²) < 4.78 is 39.7. The molecule has 0 aromatic heterocycles. The number of hydrogen-bond donors (Lipinski definition) is 1. The molecule has 2 amide bonds. The second kappa shape index (κ2) is 12.5. The number of nitrogens with one attached hydrogen (secondary N) is 1. The Hall–Kier alpha value is -3.87. The first-order valence-electron chi connectivity index (χ1n) is 15.4. The van der Waals surface area contributed by atoms with E-state index in [4.69, 9.17) is 11.6 Å². The quantitative estimate of drug-likeness (QED) is 0.323. The molecule has 0 bridgehead atoms. The van der Waals surface area contributed by atoms with Gasteiger partial charge in [0.05, 0.1) is 33.8 Å². The van der Waals surface area contributed by atoms with Gasteiger partial charge in [0.25, 0.3) is 11.8 Å². The van der Waals surface area contributed by atoms with E-state index in [1.807, 2.05) is 47.4 Å². The molecular formula is C35H34ClF3N4O2. The van der Waals surface area contributed by atoms with Gasteiger partial charge in [0.2, 0.25) is 0 Å². The molecular weight excluding hydrogens is 601 g/mol. The average molecular weight is 635 g/mol. The van der Waals surface area contributed by atoms with Crippen LogP contribution in [0.3, 0.4) is 0 Å². The lowest BCUT2D eigenvalue weighted by Crippen LogP contribution is -2.48. The summed E-state index contributed by atoms with van der Waals surface area (Å²) >= 11 is 6.09. The Morgan fingerprint density at radius 3 is 2.40 bits per heavy atom. The third-order valence-corrected chi connectivity index (χ3v) is 10.2. The molecule has 3 aliphatic rings. The Bertz CT molecular complexity index is 1650. The number of hydrogen-bond acceptors (Lipinski definition) is 4. The number of carbonyl (C=O) groups excluding carboxylic acids is 2. The maximum Gasteiger partial charge on any atom is 0.416 e. The van der Waals surface area contributed by atoms with Crippen LogP contribution in [0.15, 0.2) is 60.7 Å². The number of halogens is 4. The van der Waals surface area contributed by atoms with Crippen LogP contribution in [-0.4, -0.2) is 47.8 Å². The lowest BCUT2D eigenvalue weighted by molar-refractivity contribution is -0.137. The van der Waals surface area contributed by atoms with E-state index in [2.05, 4.69) is 16.3 Å². The van der Waals surface area contributed by atoms with Gasteiger partial charge in [-0.2, -0.15) is 18.4 Å². The molecule has 3 aromatic rings. The van der Waals surface area contributed by atoms with Gasteiger partial charge in [0.1, 0.15) is 0 Å². The van der Waals surface area contributed by atoms with Crippen LogP contribution in [0, 0.1) is 16.7 Å². The first-order valence-corrected chi connectivity index (χ1v) is 15.7. The highest BCUT2D eigenvalue weighted by molar-refractivity contribution is 6.33. The van der Waals surface area contributed by atoms with Gasteiger partial charge < -0.3 is 10.2 Å². The summed E-state index contributed by atoms with van der Waals surface area (Å²) in [6.07, 6.45) is 0.716. The summed E-state index contributed by atoms with van der Waals surface area (Å²) in [6.45, 7) is 4.08. The van der Waals surface area contributed by atoms with E-state index < -0.39 is 23.7 Å². The SMILES string of the molecule is N#Cc1ccccc1CN1CCC2(CC1)CCN(C(=O)c1ccc3c(c1)C(NC(=O)c1cc(C(F)(F)F)ccc1Cl)CC3)CC2. The molecule has 1 N–H and O–H groups in total. The third-order valence-electron chi connectivity index (χ3n) is 9.87. The fourth-order valence-corrected chi connectivity index (χ4v) is 7.26. The predicted molar refractivity (Wildman–Crippen MR) is 165 cm³/mol. The first-order chi connectivity index (χ1) is 21.5. The van der Waals surface area contributed by atoms with Gasteiger partial charge in [0.15, 0.2) is 0 Å². The number of amides is 2. The van der Waals surface area contributed by atoms with Gasteiger partial charge in [-0.3, -0.25) is 14.5 Å². The number of piperidine rings is 2. The van der Waals surface area contributed by atoms with Crippen molar-refractivity contribution in [2.45, 2.75) is 57.3 Å². The van der Waals surface area contributed by atoms with E-state index in [-0.39, 0.29) is 21.9 Å². The minimum atomic E-state index is -4.59. The van der Waals surface area contributed by atoms with Crippen LogP contribution in [0.25, 0.3) is 0 Å². The molecule has 1 spiro atoms. The highest BCUT2D eigenvalue weighted by Crippen LogP contribution is 2.42. The van der Waals surface area contributed by atoms with Crippen molar-refractivity contribution in [1.82, 2.24) is 15.1 Å². The number of fused-ring (bicyclic) bond motifs is 1. The number of nitrogens with zero attached hydrogens (tertiary/aromatic N) is 3. The number of carbonyl (C=O) groups is 2. The van der Waals surface area contributed by atoms with Crippen LogP contribution in [0.2, 0.25) is 5.02 Å². The lowest BCUT2D eigenvalue weighted by Gasteiger charge is -2.47. The van der Waals surface area contributed by atoms with Gasteiger partial charge in [-0.1, -0.05) is 35.9 Å². The first kappa shape index (κ1) is 31.1. The fraction of sp³-hybridized carbons (Fsp3) is 0.400. The van der Waals surface area contributed by atoms with Crippen LogP contribution in [0.4, 0.5) is 13.2 Å². The number of rotatable bonds is 5. The molecule has 1 atom stereocenters. The summed E-state index contributed by atoms with van der Waals surface area (Å²) in [5, 5.41) is 12.2. The van der Waals surface area contributed by atoms with Crippen LogP contribution >= 0.6 is 11.6 Å². The zero-order valence-electron chi connectivity index (χ0n) is 24.8. The van der Waals surface area contributed by atoms with E-state index in [9.17, 15) is 28.0 Å². The number of alkyl halides is 3. The number of aryl methyl sites for hydroxylation is 1. The van der Waals surface area contributed by atoms with Crippen molar-refractivity contribution in [3.05, 3.63) is 105 Å². The van der Waals surface area contributed by atoms with E-state index >= 15 is 0 Å². The summed E-state index contributed by atoms with van der Waals surface area (Å²) in [6, 6.07) is 17.9. The topological polar surface area (TPSA) is 76.4 Å². The zero-order chi connectivity index (χ0) is 31.8. The molecule has 6 rings (SSSR count). The lowest BCUT2D eigenvalue weighted by atomic mass is 9.71. The molecule has 2 heterocycles. The third kappa shape index (κ3) is 6.58. The molecule has 2 saturated heterocycles. The summed E-state index contributed by atoms with van der Waals surface area (Å²) in [5.41, 5.74) is 3.22. The molecule has 6 nitrogen and oxygen atoms in total. The Morgan fingerprint density at radius 2 is 1.69 bits per heavy atom. The smallest absolute Gasteiger partial charge is 0.345 e. The monoisotopic (exact) mass is 634 g/mol. The Labute approximate surface area is 265 Å². The molecule has 3 aromatic carbocycles. The summed E-state index contributed by atoms with van der Waals surface area (Å²) in [7, 11) is 0. The van der Waals surface area contributed by atoms with Crippen LogP contribution in [0.5, 0.6) is 0 Å². The van der Waals surface area contributed by atoms with E-state index in [0.29, 0.717) is 31.5 Å². The number of nitriles is 1. The average Bonchev–Trinajstić information content (AvgIpc) is 3.44. The van der Waals surface area contributed by atoms with Crippen molar-refractivity contribution in [2.24, 2.45) is 5.41 Å². The van der Waals surface area contributed by atoms with E-state index in [1.54, 1.807) is 0 Å². The minimum absolute atomic E-state index is 0.0453. The maximum absolute atomic E-state index is 13.6. The van der Waals surface area contributed by atoms with Crippen LogP contribution in [-0.2, 0) is 19.1 Å².